The van der Waals surface area contributed by atoms with Crippen molar-refractivity contribution in [1.82, 2.24) is 0 Å². The summed E-state index contributed by atoms with van der Waals surface area (Å²) < 4.78 is 12.9. The highest BCUT2D eigenvalue weighted by Crippen LogP contribution is 2.17. The average Bonchev–Trinajstić information content (AvgIpc) is 2.29. The van der Waals surface area contributed by atoms with E-state index >= 15 is 0 Å². The Labute approximate surface area is 84.9 Å². The lowest BCUT2D eigenvalue weighted by molar-refractivity contribution is -0.143. The second kappa shape index (κ2) is 3.38. The van der Waals surface area contributed by atoms with Crippen molar-refractivity contribution < 1.29 is 18.8 Å². The van der Waals surface area contributed by atoms with Gasteiger partial charge in [0.2, 0.25) is 11.6 Å². The third kappa shape index (κ3) is 1.70. The highest BCUT2D eigenvalue weighted by atomic mass is 19.1. The molecule has 0 N–H and O–H groups in total. The molecule has 0 aromatic heterocycles. The normalized spacial score (nSPS) is 16.2. The van der Waals surface area contributed by atoms with Gasteiger partial charge in [0.1, 0.15) is 5.82 Å². The first-order valence-corrected chi connectivity index (χ1v) is 4.45. The second-order valence-electron chi connectivity index (χ2n) is 3.44. The van der Waals surface area contributed by atoms with Crippen molar-refractivity contribution in [2.24, 2.45) is 0 Å². The SMILES string of the molecule is O=C1Cc2ccc(F)cc2CC(=O)C1=O. The Kier molecular flexibility index (Phi) is 2.19. The number of carbonyl (C=O) groups is 3. The molecule has 1 aromatic rings. The molecule has 1 aromatic carbocycles. The summed E-state index contributed by atoms with van der Waals surface area (Å²) in [5, 5.41) is 0. The van der Waals surface area contributed by atoms with E-state index in [1.54, 1.807) is 0 Å². The minimum Gasteiger partial charge on any atom is -0.290 e. The van der Waals surface area contributed by atoms with Crippen LogP contribution in [0.3, 0.4) is 0 Å². The summed E-state index contributed by atoms with van der Waals surface area (Å²) in [6, 6.07) is 3.85. The molecule has 1 aliphatic rings. The summed E-state index contributed by atoms with van der Waals surface area (Å²) in [7, 11) is 0. The van der Waals surface area contributed by atoms with E-state index in [-0.39, 0.29) is 12.8 Å². The van der Waals surface area contributed by atoms with E-state index in [0.717, 1.165) is 0 Å². The van der Waals surface area contributed by atoms with E-state index < -0.39 is 23.2 Å². The molecule has 3 nitrogen and oxygen atoms in total. The van der Waals surface area contributed by atoms with Gasteiger partial charge in [-0.3, -0.25) is 14.4 Å². The average molecular weight is 206 g/mol. The third-order valence-electron chi connectivity index (χ3n) is 2.38. The van der Waals surface area contributed by atoms with Crippen molar-refractivity contribution in [2.45, 2.75) is 12.8 Å². The summed E-state index contributed by atoms with van der Waals surface area (Å²) in [5.41, 5.74) is 0.986. The molecule has 0 unspecified atom stereocenters. The second-order valence-corrected chi connectivity index (χ2v) is 3.44. The van der Waals surface area contributed by atoms with Crippen LogP contribution in [0, 0.1) is 5.82 Å². The van der Waals surface area contributed by atoms with Crippen molar-refractivity contribution in [2.75, 3.05) is 0 Å². The van der Waals surface area contributed by atoms with Crippen LogP contribution in [0.2, 0.25) is 0 Å². The minimum absolute atomic E-state index is 0.111. The van der Waals surface area contributed by atoms with Crippen molar-refractivity contribution in [1.29, 1.82) is 0 Å². The van der Waals surface area contributed by atoms with E-state index in [9.17, 15) is 18.8 Å². The van der Waals surface area contributed by atoms with Crippen molar-refractivity contribution >= 4 is 17.3 Å². The number of carbonyl (C=O) groups excluding carboxylic acids is 3. The monoisotopic (exact) mass is 206 g/mol. The Bertz CT molecular complexity index is 477. The Balaban J connectivity index is 2.51. The zero-order valence-electron chi connectivity index (χ0n) is 7.75. The van der Waals surface area contributed by atoms with Gasteiger partial charge in [-0.05, 0) is 23.3 Å². The molecule has 0 fully saturated rings. The van der Waals surface area contributed by atoms with Crippen molar-refractivity contribution in [3.05, 3.63) is 35.1 Å². The van der Waals surface area contributed by atoms with Gasteiger partial charge in [-0.25, -0.2) is 4.39 Å². The summed E-state index contributed by atoms with van der Waals surface area (Å²) in [6.07, 6.45) is -0.294. The highest BCUT2D eigenvalue weighted by molar-refractivity contribution is 6.64. The smallest absolute Gasteiger partial charge is 0.264 e. The van der Waals surface area contributed by atoms with Crippen LogP contribution in [0.15, 0.2) is 18.2 Å². The molecular formula is C11H7FO3. The molecule has 2 rings (SSSR count). The van der Waals surface area contributed by atoms with Crippen LogP contribution in [0.1, 0.15) is 11.1 Å². The first-order valence-electron chi connectivity index (χ1n) is 4.45. The van der Waals surface area contributed by atoms with Gasteiger partial charge in [-0.1, -0.05) is 6.07 Å². The number of hydrogen-bond acceptors (Lipinski definition) is 3. The minimum atomic E-state index is -0.980. The predicted octanol–water partition coefficient (Wildman–Crippen LogP) is 0.632. The van der Waals surface area contributed by atoms with Gasteiger partial charge in [0, 0.05) is 12.8 Å². The van der Waals surface area contributed by atoms with Crippen LogP contribution in [0.25, 0.3) is 0 Å². The van der Waals surface area contributed by atoms with Gasteiger partial charge in [0.15, 0.2) is 0 Å². The van der Waals surface area contributed by atoms with Crippen LogP contribution >= 0.6 is 0 Å². The maximum Gasteiger partial charge on any atom is 0.264 e. The molecule has 1 aliphatic carbocycles. The zero-order chi connectivity index (χ0) is 11.0. The van der Waals surface area contributed by atoms with E-state index in [4.69, 9.17) is 0 Å². The molecule has 15 heavy (non-hydrogen) atoms. The zero-order valence-corrected chi connectivity index (χ0v) is 7.75. The number of Topliss-reactive ketones (excluding diaryl/α,β-unsaturated/α-hetero) is 3. The summed E-state index contributed by atoms with van der Waals surface area (Å²) in [6.45, 7) is 0. The molecule has 0 saturated heterocycles. The van der Waals surface area contributed by atoms with Gasteiger partial charge in [-0.15, -0.1) is 0 Å². The number of fused-ring (bicyclic) bond motifs is 1. The Morgan fingerprint density at radius 2 is 1.53 bits per heavy atom. The lowest BCUT2D eigenvalue weighted by atomic mass is 10.0. The summed E-state index contributed by atoms with van der Waals surface area (Å²) in [4.78, 5) is 33.5. The van der Waals surface area contributed by atoms with E-state index in [2.05, 4.69) is 0 Å². The maximum absolute atomic E-state index is 12.9. The molecule has 0 heterocycles. The first kappa shape index (κ1) is 9.71. The lowest BCUT2D eigenvalue weighted by Crippen LogP contribution is -2.23. The third-order valence-corrected chi connectivity index (χ3v) is 2.38. The van der Waals surface area contributed by atoms with Crippen LogP contribution in [-0.2, 0) is 27.2 Å². The van der Waals surface area contributed by atoms with Gasteiger partial charge in [-0.2, -0.15) is 0 Å². The molecule has 4 heteroatoms. The lowest BCUT2D eigenvalue weighted by Gasteiger charge is -2.02. The Morgan fingerprint density at radius 1 is 0.933 bits per heavy atom. The summed E-state index contributed by atoms with van der Waals surface area (Å²) in [5.74, 6) is -2.93. The molecule has 0 atom stereocenters. The molecule has 0 spiro atoms. The van der Waals surface area contributed by atoms with Crippen LogP contribution in [0.5, 0.6) is 0 Å². The largest absolute Gasteiger partial charge is 0.290 e. The number of hydrogen-bond donors (Lipinski definition) is 0. The maximum atomic E-state index is 12.9. The quantitative estimate of drug-likeness (QED) is 0.462. The predicted molar refractivity (Wildman–Crippen MR) is 48.8 cm³/mol. The Hall–Kier alpha value is -1.84. The topological polar surface area (TPSA) is 51.2 Å². The van der Waals surface area contributed by atoms with Crippen LogP contribution in [0.4, 0.5) is 4.39 Å². The molecule has 0 aliphatic heterocycles. The molecule has 0 bridgehead atoms. The van der Waals surface area contributed by atoms with Crippen LogP contribution < -0.4 is 0 Å². The van der Waals surface area contributed by atoms with Crippen LogP contribution in [-0.4, -0.2) is 17.3 Å². The van der Waals surface area contributed by atoms with Gasteiger partial charge in [0.05, 0.1) is 0 Å². The van der Waals surface area contributed by atoms with Gasteiger partial charge in [0.25, 0.3) is 5.78 Å². The fourth-order valence-corrected chi connectivity index (χ4v) is 1.59. The molecule has 0 saturated carbocycles. The molecule has 0 radical (unpaired) electrons. The highest BCUT2D eigenvalue weighted by Gasteiger charge is 2.28. The number of ketones is 3. The molecule has 0 amide bonds. The number of halogens is 1. The van der Waals surface area contributed by atoms with Gasteiger partial charge < -0.3 is 0 Å². The van der Waals surface area contributed by atoms with E-state index in [1.165, 1.54) is 18.2 Å². The van der Waals surface area contributed by atoms with E-state index in [0.29, 0.717) is 11.1 Å². The standard InChI is InChI=1S/C11H7FO3/c12-8-2-1-6-4-9(13)11(15)10(14)5-7(6)3-8/h1-3H,4-5H2. The van der Waals surface area contributed by atoms with Crippen molar-refractivity contribution in [3.63, 3.8) is 0 Å². The van der Waals surface area contributed by atoms with Crippen molar-refractivity contribution in [3.8, 4) is 0 Å². The Morgan fingerprint density at radius 3 is 2.20 bits per heavy atom. The van der Waals surface area contributed by atoms with Gasteiger partial charge >= 0.3 is 0 Å². The number of rotatable bonds is 0. The fraction of sp³-hybridized carbons (Fsp3) is 0.182. The molecule has 76 valence electrons. The summed E-state index contributed by atoms with van der Waals surface area (Å²) >= 11 is 0. The molecular weight excluding hydrogens is 199 g/mol. The van der Waals surface area contributed by atoms with E-state index in [1.807, 2.05) is 0 Å². The number of benzene rings is 1. The first-order chi connectivity index (χ1) is 7.08. The fourth-order valence-electron chi connectivity index (χ4n) is 1.59.